The molecule has 0 radical (unpaired) electrons. The van der Waals surface area contributed by atoms with Crippen LogP contribution in [0.15, 0.2) is 109 Å². The Kier molecular flexibility index (Phi) is 6.76. The van der Waals surface area contributed by atoms with Crippen LogP contribution in [0.4, 0.5) is 5.13 Å². The summed E-state index contributed by atoms with van der Waals surface area (Å²) in [5.74, 6) is -0.458. The van der Waals surface area contributed by atoms with E-state index < -0.39 is 17.7 Å². The van der Waals surface area contributed by atoms with Crippen molar-refractivity contribution in [3.8, 4) is 11.5 Å². The number of methoxy groups -OCH3 is 1. The molecule has 1 amide bonds. The maximum atomic E-state index is 13.5. The molecule has 5 aromatic rings. The van der Waals surface area contributed by atoms with Crippen molar-refractivity contribution in [2.45, 2.75) is 12.6 Å². The Labute approximate surface area is 234 Å². The Morgan fingerprint density at radius 1 is 0.900 bits per heavy atom. The average Bonchev–Trinajstić information content (AvgIpc) is 3.54. The third kappa shape index (κ3) is 4.69. The van der Waals surface area contributed by atoms with Crippen LogP contribution in [0.2, 0.25) is 0 Å². The number of fused-ring (bicyclic) bond motifs is 1. The summed E-state index contributed by atoms with van der Waals surface area (Å²) in [5, 5.41) is 11.7. The molecule has 1 aromatic heterocycles. The molecule has 4 aromatic carbocycles. The summed E-state index contributed by atoms with van der Waals surface area (Å²) in [6.45, 7) is 0.405. The lowest BCUT2D eigenvalue weighted by Gasteiger charge is -2.23. The number of aromatic nitrogens is 1. The molecule has 2 heterocycles. The van der Waals surface area contributed by atoms with Gasteiger partial charge in [0.2, 0.25) is 0 Å². The van der Waals surface area contributed by atoms with Gasteiger partial charge in [-0.2, -0.15) is 0 Å². The van der Waals surface area contributed by atoms with Crippen molar-refractivity contribution in [1.82, 2.24) is 4.98 Å². The maximum absolute atomic E-state index is 13.5. The molecule has 1 saturated heterocycles. The van der Waals surface area contributed by atoms with E-state index in [4.69, 9.17) is 9.47 Å². The molecule has 0 saturated carbocycles. The molecule has 40 heavy (non-hydrogen) atoms. The number of rotatable bonds is 7. The maximum Gasteiger partial charge on any atom is 0.301 e. The van der Waals surface area contributed by atoms with Crippen LogP contribution in [0.1, 0.15) is 22.7 Å². The van der Waals surface area contributed by atoms with E-state index in [-0.39, 0.29) is 11.3 Å². The van der Waals surface area contributed by atoms with Crippen LogP contribution in [0.5, 0.6) is 11.5 Å². The minimum absolute atomic E-state index is 0.00555. The van der Waals surface area contributed by atoms with Crippen molar-refractivity contribution >= 4 is 44.1 Å². The number of hydrogen-bond acceptors (Lipinski definition) is 7. The molecule has 1 atom stereocenters. The van der Waals surface area contributed by atoms with E-state index >= 15 is 0 Å². The van der Waals surface area contributed by atoms with Crippen LogP contribution < -0.4 is 14.4 Å². The molecule has 1 fully saturated rings. The number of carbonyl (C=O) groups excluding carboxylic acids is 2. The monoisotopic (exact) mass is 548 g/mol. The number of carbonyl (C=O) groups is 2. The number of anilines is 1. The zero-order valence-electron chi connectivity index (χ0n) is 21.5. The standard InChI is InChI=1S/C32H24N2O5S/c1-38-24-16-17-25-26(18-24)40-32(33-25)34-28(27(30(36)31(34)37)29(35)22-10-6-3-7-11-22)21-12-14-23(15-13-21)39-19-20-8-4-2-5-9-20/h2-18,28,35H,19H2,1H3/b29-27+. The fourth-order valence-electron chi connectivity index (χ4n) is 4.71. The summed E-state index contributed by atoms with van der Waals surface area (Å²) in [6.07, 6.45) is 0. The second-order valence-electron chi connectivity index (χ2n) is 9.21. The Hall–Kier alpha value is -4.95. The van der Waals surface area contributed by atoms with Crippen LogP contribution in [-0.2, 0) is 16.2 Å². The summed E-state index contributed by atoms with van der Waals surface area (Å²) < 4.78 is 12.1. The molecule has 1 N–H and O–H groups in total. The van der Waals surface area contributed by atoms with Gasteiger partial charge in [0.05, 0.1) is 28.9 Å². The van der Waals surface area contributed by atoms with Crippen molar-refractivity contribution < 1.29 is 24.2 Å². The van der Waals surface area contributed by atoms with E-state index in [1.165, 1.54) is 16.2 Å². The van der Waals surface area contributed by atoms with Crippen molar-refractivity contribution in [1.29, 1.82) is 0 Å². The van der Waals surface area contributed by atoms with Crippen molar-refractivity contribution in [2.24, 2.45) is 0 Å². The van der Waals surface area contributed by atoms with E-state index in [1.807, 2.05) is 48.5 Å². The van der Waals surface area contributed by atoms with Gasteiger partial charge in [0.15, 0.2) is 5.13 Å². The van der Waals surface area contributed by atoms with Gasteiger partial charge >= 0.3 is 5.91 Å². The molecule has 0 bridgehead atoms. The van der Waals surface area contributed by atoms with E-state index in [0.717, 1.165) is 10.3 Å². The van der Waals surface area contributed by atoms with Crippen molar-refractivity contribution in [3.05, 3.63) is 125 Å². The van der Waals surface area contributed by atoms with E-state index in [0.29, 0.717) is 39.9 Å². The normalized spacial score (nSPS) is 16.4. The van der Waals surface area contributed by atoms with Gasteiger partial charge in [-0.25, -0.2) is 4.98 Å². The Balaban J connectivity index is 1.42. The molecule has 198 valence electrons. The Morgan fingerprint density at radius 2 is 1.57 bits per heavy atom. The highest BCUT2D eigenvalue weighted by atomic mass is 32.1. The van der Waals surface area contributed by atoms with Crippen molar-refractivity contribution in [3.63, 3.8) is 0 Å². The first-order valence-electron chi connectivity index (χ1n) is 12.6. The smallest absolute Gasteiger partial charge is 0.301 e. The third-order valence-corrected chi connectivity index (χ3v) is 7.74. The van der Waals surface area contributed by atoms with Gasteiger partial charge < -0.3 is 14.6 Å². The molecular weight excluding hydrogens is 524 g/mol. The lowest BCUT2D eigenvalue weighted by atomic mass is 9.95. The SMILES string of the molecule is COc1ccc2nc(N3C(=O)C(=O)/C(=C(/O)c4ccccc4)C3c3ccc(OCc4ccccc4)cc3)sc2c1. The van der Waals surface area contributed by atoms with E-state index in [9.17, 15) is 14.7 Å². The van der Waals surface area contributed by atoms with Gasteiger partial charge in [0.25, 0.3) is 5.78 Å². The Morgan fingerprint density at radius 3 is 2.27 bits per heavy atom. The Bertz CT molecular complexity index is 1730. The number of thiazole rings is 1. The van der Waals surface area contributed by atoms with Gasteiger partial charge in [0.1, 0.15) is 23.9 Å². The van der Waals surface area contributed by atoms with Crippen LogP contribution >= 0.6 is 11.3 Å². The lowest BCUT2D eigenvalue weighted by molar-refractivity contribution is -0.132. The summed E-state index contributed by atoms with van der Waals surface area (Å²) in [6, 6.07) is 30.3. The second kappa shape index (κ2) is 10.7. The molecule has 1 aliphatic rings. The summed E-state index contributed by atoms with van der Waals surface area (Å²) in [5.41, 5.74) is 2.80. The molecule has 6 rings (SSSR count). The molecular formula is C32H24N2O5S. The number of Topliss-reactive ketones (excluding diaryl/α,β-unsaturated/α-hetero) is 1. The first kappa shape index (κ1) is 25.3. The van der Waals surface area contributed by atoms with Gasteiger partial charge in [-0.3, -0.25) is 14.5 Å². The molecule has 1 aliphatic heterocycles. The van der Waals surface area contributed by atoms with Crippen LogP contribution in [0.3, 0.4) is 0 Å². The van der Waals surface area contributed by atoms with Crippen molar-refractivity contribution in [2.75, 3.05) is 12.0 Å². The van der Waals surface area contributed by atoms with Gasteiger partial charge in [-0.15, -0.1) is 0 Å². The second-order valence-corrected chi connectivity index (χ2v) is 10.2. The molecule has 0 spiro atoms. The molecule has 0 aliphatic carbocycles. The lowest BCUT2D eigenvalue weighted by Crippen LogP contribution is -2.29. The predicted molar refractivity (Wildman–Crippen MR) is 155 cm³/mol. The number of aliphatic hydroxyl groups excluding tert-OH is 1. The van der Waals surface area contributed by atoms with Gasteiger partial charge in [-0.05, 0) is 41.5 Å². The topological polar surface area (TPSA) is 89.0 Å². The third-order valence-electron chi connectivity index (χ3n) is 6.73. The number of aliphatic hydroxyl groups is 1. The number of nitrogens with zero attached hydrogens (tertiary/aromatic N) is 2. The molecule has 8 heteroatoms. The zero-order chi connectivity index (χ0) is 27.6. The van der Waals surface area contributed by atoms with Gasteiger partial charge in [0, 0.05) is 5.56 Å². The van der Waals surface area contributed by atoms with E-state index in [1.54, 1.807) is 61.7 Å². The quantitative estimate of drug-likeness (QED) is 0.142. The summed E-state index contributed by atoms with van der Waals surface area (Å²) >= 11 is 1.28. The number of ether oxygens (including phenoxy) is 2. The van der Waals surface area contributed by atoms with Crippen LogP contribution in [-0.4, -0.2) is 28.9 Å². The van der Waals surface area contributed by atoms with Crippen LogP contribution in [0, 0.1) is 0 Å². The highest BCUT2D eigenvalue weighted by molar-refractivity contribution is 7.22. The zero-order valence-corrected chi connectivity index (χ0v) is 22.3. The number of ketones is 1. The summed E-state index contributed by atoms with van der Waals surface area (Å²) in [7, 11) is 1.58. The fraction of sp³-hybridized carbons (Fsp3) is 0.0938. The van der Waals surface area contributed by atoms with Gasteiger partial charge in [-0.1, -0.05) is 84.1 Å². The van der Waals surface area contributed by atoms with E-state index in [2.05, 4.69) is 4.98 Å². The minimum atomic E-state index is -0.883. The minimum Gasteiger partial charge on any atom is -0.507 e. The highest BCUT2D eigenvalue weighted by Crippen LogP contribution is 2.44. The summed E-state index contributed by atoms with van der Waals surface area (Å²) in [4.78, 5) is 33.0. The van der Waals surface area contributed by atoms with Crippen LogP contribution in [0.25, 0.3) is 16.0 Å². The first-order chi connectivity index (χ1) is 19.5. The fourth-order valence-corrected chi connectivity index (χ4v) is 5.73. The first-order valence-corrected chi connectivity index (χ1v) is 13.4. The number of benzene rings is 4. The largest absolute Gasteiger partial charge is 0.507 e. The number of amides is 1. The predicted octanol–water partition coefficient (Wildman–Crippen LogP) is 6.51. The average molecular weight is 549 g/mol. The number of hydrogen-bond donors (Lipinski definition) is 1. The molecule has 1 unspecified atom stereocenters. The molecule has 7 nitrogen and oxygen atoms in total. The highest BCUT2D eigenvalue weighted by Gasteiger charge is 2.48.